The van der Waals surface area contributed by atoms with Gasteiger partial charge < -0.3 is 10.2 Å². The van der Waals surface area contributed by atoms with Crippen LogP contribution in [-0.2, 0) is 11.2 Å². The van der Waals surface area contributed by atoms with E-state index in [9.17, 15) is 4.79 Å². The number of benzene rings is 1. The van der Waals surface area contributed by atoms with Gasteiger partial charge in [0.2, 0.25) is 5.91 Å². The molecule has 2 saturated heterocycles. The molecule has 0 bridgehead atoms. The summed E-state index contributed by atoms with van der Waals surface area (Å²) in [6.07, 6.45) is 5.54. The summed E-state index contributed by atoms with van der Waals surface area (Å²) in [5.74, 6) is 0.949. The summed E-state index contributed by atoms with van der Waals surface area (Å²) < 4.78 is 0. The van der Waals surface area contributed by atoms with Gasteiger partial charge in [-0.1, -0.05) is 29.8 Å². The van der Waals surface area contributed by atoms with Crippen molar-refractivity contribution in [3.05, 3.63) is 35.4 Å². The second kappa shape index (κ2) is 6.61. The van der Waals surface area contributed by atoms with E-state index in [1.165, 1.54) is 24.8 Å². The summed E-state index contributed by atoms with van der Waals surface area (Å²) in [5, 5.41) is 3.60. The Balaban J connectivity index is 1.57. The molecule has 0 radical (unpaired) electrons. The van der Waals surface area contributed by atoms with Crippen molar-refractivity contribution in [3.8, 4) is 0 Å². The Morgan fingerprint density at radius 3 is 2.76 bits per heavy atom. The second-order valence-electron chi connectivity index (χ2n) is 6.61. The van der Waals surface area contributed by atoms with Gasteiger partial charge in [-0.25, -0.2) is 0 Å². The maximum absolute atomic E-state index is 12.5. The van der Waals surface area contributed by atoms with Crippen molar-refractivity contribution in [2.45, 2.75) is 45.1 Å². The average molecular weight is 286 g/mol. The third-order valence-electron chi connectivity index (χ3n) is 4.95. The van der Waals surface area contributed by atoms with Crippen LogP contribution in [0.25, 0.3) is 0 Å². The van der Waals surface area contributed by atoms with Crippen LogP contribution in [0.2, 0.25) is 0 Å². The Morgan fingerprint density at radius 1 is 1.24 bits per heavy atom. The lowest BCUT2D eigenvalue weighted by Crippen LogP contribution is -2.46. The highest BCUT2D eigenvalue weighted by atomic mass is 16.2. The highest BCUT2D eigenvalue weighted by molar-refractivity contribution is 5.78. The van der Waals surface area contributed by atoms with Crippen molar-refractivity contribution in [3.63, 3.8) is 0 Å². The predicted octanol–water partition coefficient (Wildman–Crippen LogP) is 2.53. The Morgan fingerprint density at radius 2 is 2.05 bits per heavy atom. The zero-order valence-corrected chi connectivity index (χ0v) is 13.0. The number of nitrogens with zero attached hydrogens (tertiary/aromatic N) is 1. The number of carbonyl (C=O) groups is 1. The first-order valence-electron chi connectivity index (χ1n) is 8.29. The van der Waals surface area contributed by atoms with Gasteiger partial charge in [0.15, 0.2) is 0 Å². The Bertz CT molecular complexity index is 476. The van der Waals surface area contributed by atoms with Crippen LogP contribution in [0.5, 0.6) is 0 Å². The van der Waals surface area contributed by atoms with Crippen LogP contribution in [0, 0.1) is 12.8 Å². The minimum absolute atomic E-state index is 0.293. The van der Waals surface area contributed by atoms with Gasteiger partial charge in [-0.2, -0.15) is 0 Å². The number of carbonyl (C=O) groups excluding carboxylic acids is 1. The maximum atomic E-state index is 12.5. The third kappa shape index (κ3) is 3.65. The van der Waals surface area contributed by atoms with Crippen LogP contribution in [0.3, 0.4) is 0 Å². The van der Waals surface area contributed by atoms with Gasteiger partial charge in [-0.3, -0.25) is 4.79 Å². The van der Waals surface area contributed by atoms with Gasteiger partial charge in [-0.05, 0) is 50.6 Å². The molecule has 0 aliphatic carbocycles. The van der Waals surface area contributed by atoms with Gasteiger partial charge >= 0.3 is 0 Å². The van der Waals surface area contributed by atoms with E-state index in [-0.39, 0.29) is 0 Å². The second-order valence-corrected chi connectivity index (χ2v) is 6.61. The van der Waals surface area contributed by atoms with Crippen LogP contribution in [-0.4, -0.2) is 36.5 Å². The molecule has 2 fully saturated rings. The van der Waals surface area contributed by atoms with Crippen molar-refractivity contribution in [1.82, 2.24) is 10.2 Å². The quantitative estimate of drug-likeness (QED) is 0.926. The summed E-state index contributed by atoms with van der Waals surface area (Å²) >= 11 is 0. The monoisotopic (exact) mass is 286 g/mol. The van der Waals surface area contributed by atoms with Gasteiger partial charge in [-0.15, -0.1) is 0 Å². The number of aryl methyl sites for hydroxylation is 1. The molecule has 0 aromatic heterocycles. The Hall–Kier alpha value is -1.35. The molecule has 2 aliphatic heterocycles. The first-order chi connectivity index (χ1) is 10.2. The van der Waals surface area contributed by atoms with E-state index in [1.54, 1.807) is 0 Å². The number of hydrogen-bond acceptors (Lipinski definition) is 2. The summed E-state index contributed by atoms with van der Waals surface area (Å²) in [7, 11) is 0. The van der Waals surface area contributed by atoms with Gasteiger partial charge in [0.25, 0.3) is 0 Å². The molecule has 2 atom stereocenters. The molecule has 3 heteroatoms. The molecule has 21 heavy (non-hydrogen) atoms. The first-order valence-corrected chi connectivity index (χ1v) is 8.29. The summed E-state index contributed by atoms with van der Waals surface area (Å²) in [4.78, 5) is 14.6. The maximum Gasteiger partial charge on any atom is 0.226 e. The van der Waals surface area contributed by atoms with E-state index in [4.69, 9.17) is 0 Å². The topological polar surface area (TPSA) is 32.3 Å². The SMILES string of the molecule is Cc1ccc(CC(=O)N2CCCC(C3CCCN3)C2)cc1. The van der Waals surface area contributed by atoms with Crippen LogP contribution in [0.1, 0.15) is 36.8 Å². The minimum Gasteiger partial charge on any atom is -0.342 e. The lowest BCUT2D eigenvalue weighted by molar-refractivity contribution is -0.132. The molecule has 114 valence electrons. The molecule has 1 aromatic rings. The van der Waals surface area contributed by atoms with Gasteiger partial charge in [0, 0.05) is 19.1 Å². The van der Waals surface area contributed by atoms with E-state index in [1.807, 2.05) is 0 Å². The van der Waals surface area contributed by atoms with Crippen LogP contribution in [0.4, 0.5) is 0 Å². The number of amides is 1. The largest absolute Gasteiger partial charge is 0.342 e. The van der Waals surface area contributed by atoms with E-state index < -0.39 is 0 Å². The third-order valence-corrected chi connectivity index (χ3v) is 4.95. The molecule has 1 aromatic carbocycles. The molecule has 0 saturated carbocycles. The predicted molar refractivity (Wildman–Crippen MR) is 85.2 cm³/mol. The van der Waals surface area contributed by atoms with Crippen molar-refractivity contribution < 1.29 is 4.79 Å². The standard InChI is InChI=1S/C18H26N2O/c1-14-6-8-15(9-7-14)12-18(21)20-11-3-4-16(13-20)17-5-2-10-19-17/h6-9,16-17,19H,2-5,10-13H2,1H3. The number of rotatable bonds is 3. The highest BCUT2D eigenvalue weighted by Gasteiger charge is 2.30. The molecule has 3 nitrogen and oxygen atoms in total. The Labute approximate surface area is 127 Å². The normalized spacial score (nSPS) is 26.0. The molecule has 3 rings (SSSR count). The molecule has 2 unspecified atom stereocenters. The zero-order chi connectivity index (χ0) is 14.7. The number of hydrogen-bond donors (Lipinski definition) is 1. The molecular weight excluding hydrogens is 260 g/mol. The van der Waals surface area contributed by atoms with E-state index in [2.05, 4.69) is 41.4 Å². The number of piperidine rings is 1. The van der Waals surface area contributed by atoms with Crippen molar-refractivity contribution >= 4 is 5.91 Å². The van der Waals surface area contributed by atoms with Gasteiger partial charge in [0.1, 0.15) is 0 Å². The molecule has 0 spiro atoms. The Kier molecular flexibility index (Phi) is 4.59. The molecule has 2 aliphatic rings. The lowest BCUT2D eigenvalue weighted by Gasteiger charge is -2.36. The highest BCUT2D eigenvalue weighted by Crippen LogP contribution is 2.25. The number of likely N-dealkylation sites (tertiary alicyclic amines) is 1. The zero-order valence-electron chi connectivity index (χ0n) is 13.0. The molecular formula is C18H26N2O. The van der Waals surface area contributed by atoms with E-state index >= 15 is 0 Å². The minimum atomic E-state index is 0.293. The molecule has 2 heterocycles. The van der Waals surface area contributed by atoms with Crippen molar-refractivity contribution in [2.24, 2.45) is 5.92 Å². The summed E-state index contributed by atoms with van der Waals surface area (Å²) in [6, 6.07) is 8.97. The van der Waals surface area contributed by atoms with Crippen LogP contribution >= 0.6 is 0 Å². The molecule has 1 amide bonds. The van der Waals surface area contributed by atoms with E-state index in [0.717, 1.165) is 31.6 Å². The van der Waals surface area contributed by atoms with Crippen molar-refractivity contribution in [2.75, 3.05) is 19.6 Å². The molecule has 1 N–H and O–H groups in total. The van der Waals surface area contributed by atoms with Crippen LogP contribution in [0.15, 0.2) is 24.3 Å². The summed E-state index contributed by atoms with van der Waals surface area (Å²) in [5.41, 5.74) is 2.38. The first kappa shape index (κ1) is 14.6. The fourth-order valence-electron chi connectivity index (χ4n) is 3.67. The van der Waals surface area contributed by atoms with E-state index in [0.29, 0.717) is 24.3 Å². The fraction of sp³-hybridized carbons (Fsp3) is 0.611. The fourth-order valence-corrected chi connectivity index (χ4v) is 3.67. The average Bonchev–Trinajstić information content (AvgIpc) is 3.04. The van der Waals surface area contributed by atoms with Crippen molar-refractivity contribution in [1.29, 1.82) is 0 Å². The smallest absolute Gasteiger partial charge is 0.226 e. The van der Waals surface area contributed by atoms with Gasteiger partial charge in [0.05, 0.1) is 6.42 Å². The van der Waals surface area contributed by atoms with Crippen LogP contribution < -0.4 is 5.32 Å². The number of nitrogens with one attached hydrogen (secondary N) is 1. The lowest BCUT2D eigenvalue weighted by atomic mass is 9.89. The summed E-state index contributed by atoms with van der Waals surface area (Å²) in [6.45, 7) is 5.12.